The Labute approximate surface area is 180 Å². The number of nitrogens with one attached hydrogen (secondary N) is 1. The lowest BCUT2D eigenvalue weighted by atomic mass is 10.1. The fourth-order valence-electron chi connectivity index (χ4n) is 3.31. The molecule has 0 aliphatic rings. The molecule has 4 aromatic rings. The molecule has 0 fully saturated rings. The summed E-state index contributed by atoms with van der Waals surface area (Å²) < 4.78 is 6.07. The number of thioether (sulfide) groups is 1. The van der Waals surface area contributed by atoms with Crippen molar-refractivity contribution in [2.45, 2.75) is 19.1 Å². The van der Waals surface area contributed by atoms with Gasteiger partial charge in [-0.05, 0) is 37.1 Å². The van der Waals surface area contributed by atoms with E-state index in [0.29, 0.717) is 11.0 Å². The zero-order chi connectivity index (χ0) is 20.9. The molecule has 0 bridgehead atoms. The number of oxazole rings is 1. The highest BCUT2D eigenvalue weighted by atomic mass is 32.2. The molecule has 1 aromatic heterocycles. The fourth-order valence-corrected chi connectivity index (χ4v) is 3.94. The molecule has 0 spiro atoms. The first-order valence-electron chi connectivity index (χ1n) is 9.71. The van der Waals surface area contributed by atoms with Gasteiger partial charge in [0.15, 0.2) is 5.76 Å². The molecular weight excluding hydrogens is 392 g/mol. The Hall–Kier alpha value is -3.31. The summed E-state index contributed by atoms with van der Waals surface area (Å²) in [6.45, 7) is 4.03. The van der Waals surface area contributed by atoms with Crippen LogP contribution in [0.15, 0.2) is 88.5 Å². The Morgan fingerprint density at radius 2 is 1.50 bits per heavy atom. The molecule has 5 heteroatoms. The third kappa shape index (κ3) is 4.81. The monoisotopic (exact) mass is 414 g/mol. The Morgan fingerprint density at radius 3 is 2.13 bits per heavy atom. The number of rotatable bonds is 6. The fraction of sp³-hybridized carbons (Fsp3) is 0.120. The predicted molar refractivity (Wildman–Crippen MR) is 123 cm³/mol. The van der Waals surface area contributed by atoms with Gasteiger partial charge in [0, 0.05) is 16.8 Å². The highest BCUT2D eigenvalue weighted by molar-refractivity contribution is 7.99. The Bertz CT molecular complexity index is 1080. The number of aryl methyl sites for hydroxylation is 2. The lowest BCUT2D eigenvalue weighted by molar-refractivity contribution is -0.113. The van der Waals surface area contributed by atoms with Gasteiger partial charge < -0.3 is 9.73 Å². The summed E-state index contributed by atoms with van der Waals surface area (Å²) in [7, 11) is 0. The first-order valence-corrected chi connectivity index (χ1v) is 10.7. The number of carbonyl (C=O) groups is 1. The summed E-state index contributed by atoms with van der Waals surface area (Å²) in [6, 6.07) is 25.8. The Kier molecular flexibility index (Phi) is 6.00. The maximum atomic E-state index is 12.4. The molecule has 0 unspecified atom stereocenters. The van der Waals surface area contributed by atoms with Gasteiger partial charge in [-0.2, -0.15) is 0 Å². The summed E-state index contributed by atoms with van der Waals surface area (Å²) in [5, 5.41) is 3.42. The van der Waals surface area contributed by atoms with E-state index in [1.165, 1.54) is 11.8 Å². The van der Waals surface area contributed by atoms with Crippen LogP contribution in [0.4, 0.5) is 5.69 Å². The van der Waals surface area contributed by atoms with Crippen molar-refractivity contribution < 1.29 is 9.21 Å². The molecule has 4 nitrogen and oxygen atoms in total. The van der Waals surface area contributed by atoms with E-state index in [-0.39, 0.29) is 11.7 Å². The van der Waals surface area contributed by atoms with Gasteiger partial charge in [-0.3, -0.25) is 4.79 Å². The molecule has 30 heavy (non-hydrogen) atoms. The maximum Gasteiger partial charge on any atom is 0.257 e. The van der Waals surface area contributed by atoms with Gasteiger partial charge in [-0.15, -0.1) is 0 Å². The minimum atomic E-state index is -0.0919. The molecule has 0 atom stereocenters. The number of carbonyl (C=O) groups excluding carboxylic acids is 1. The molecule has 0 saturated heterocycles. The van der Waals surface area contributed by atoms with Gasteiger partial charge in [0.1, 0.15) is 5.69 Å². The average molecular weight is 415 g/mol. The Balaban J connectivity index is 1.53. The van der Waals surface area contributed by atoms with Gasteiger partial charge in [-0.25, -0.2) is 4.98 Å². The number of amides is 1. The standard InChI is InChI=1S/C25H22N2O2S/c1-17-13-18(2)15-21(14-17)26-22(28)16-30-25-27-23(19-9-5-3-6-10-19)24(29-25)20-11-7-4-8-12-20/h3-15H,16H2,1-2H3,(H,26,28). The van der Waals surface area contributed by atoms with Crippen molar-refractivity contribution >= 4 is 23.4 Å². The topological polar surface area (TPSA) is 55.1 Å². The second-order valence-corrected chi connectivity index (χ2v) is 8.03. The summed E-state index contributed by atoms with van der Waals surface area (Å²) in [5.41, 5.74) is 5.75. The number of benzene rings is 3. The van der Waals surface area contributed by atoms with Crippen molar-refractivity contribution in [3.63, 3.8) is 0 Å². The number of anilines is 1. The summed E-state index contributed by atoms with van der Waals surface area (Å²) in [6.07, 6.45) is 0. The Morgan fingerprint density at radius 1 is 0.900 bits per heavy atom. The quantitative estimate of drug-likeness (QED) is 0.373. The van der Waals surface area contributed by atoms with Gasteiger partial charge in [0.25, 0.3) is 5.22 Å². The van der Waals surface area contributed by atoms with E-state index in [1.54, 1.807) is 0 Å². The van der Waals surface area contributed by atoms with Crippen LogP contribution in [0.1, 0.15) is 11.1 Å². The van der Waals surface area contributed by atoms with Crippen LogP contribution in [0.5, 0.6) is 0 Å². The maximum absolute atomic E-state index is 12.4. The van der Waals surface area contributed by atoms with E-state index < -0.39 is 0 Å². The van der Waals surface area contributed by atoms with Crippen LogP contribution in [-0.4, -0.2) is 16.6 Å². The van der Waals surface area contributed by atoms with E-state index in [2.05, 4.69) is 16.4 Å². The molecule has 0 saturated carbocycles. The van der Waals surface area contributed by atoms with Crippen LogP contribution in [0, 0.1) is 13.8 Å². The zero-order valence-corrected chi connectivity index (χ0v) is 17.7. The normalized spacial score (nSPS) is 10.7. The van der Waals surface area contributed by atoms with E-state index in [0.717, 1.165) is 33.6 Å². The molecule has 1 heterocycles. The third-order valence-electron chi connectivity index (χ3n) is 4.52. The van der Waals surface area contributed by atoms with E-state index >= 15 is 0 Å². The molecule has 0 aliphatic heterocycles. The minimum absolute atomic E-state index is 0.0919. The molecule has 0 aliphatic carbocycles. The SMILES string of the molecule is Cc1cc(C)cc(NC(=O)CSc2nc(-c3ccccc3)c(-c3ccccc3)o2)c1. The number of nitrogens with zero attached hydrogens (tertiary/aromatic N) is 1. The highest BCUT2D eigenvalue weighted by Gasteiger charge is 2.18. The van der Waals surface area contributed by atoms with Crippen molar-refractivity contribution in [2.24, 2.45) is 0 Å². The molecule has 1 amide bonds. The second-order valence-electron chi connectivity index (χ2n) is 7.10. The van der Waals surface area contributed by atoms with Crippen molar-refractivity contribution in [2.75, 3.05) is 11.1 Å². The van der Waals surface area contributed by atoms with Gasteiger partial charge in [0.05, 0.1) is 5.75 Å². The zero-order valence-electron chi connectivity index (χ0n) is 16.9. The molecule has 150 valence electrons. The minimum Gasteiger partial charge on any atom is -0.431 e. The van der Waals surface area contributed by atoms with Crippen LogP contribution in [0.25, 0.3) is 22.6 Å². The van der Waals surface area contributed by atoms with Gasteiger partial charge >= 0.3 is 0 Å². The van der Waals surface area contributed by atoms with Crippen LogP contribution < -0.4 is 5.32 Å². The second kappa shape index (κ2) is 9.01. The van der Waals surface area contributed by atoms with Crippen LogP contribution in [0.3, 0.4) is 0 Å². The number of hydrogen-bond donors (Lipinski definition) is 1. The van der Waals surface area contributed by atoms with Gasteiger partial charge in [-0.1, -0.05) is 78.5 Å². The highest BCUT2D eigenvalue weighted by Crippen LogP contribution is 2.35. The van der Waals surface area contributed by atoms with Crippen LogP contribution in [-0.2, 0) is 4.79 Å². The van der Waals surface area contributed by atoms with Crippen LogP contribution >= 0.6 is 11.8 Å². The van der Waals surface area contributed by atoms with Crippen molar-refractivity contribution in [1.82, 2.24) is 4.98 Å². The van der Waals surface area contributed by atoms with Crippen molar-refractivity contribution in [1.29, 1.82) is 0 Å². The van der Waals surface area contributed by atoms with Crippen molar-refractivity contribution in [3.8, 4) is 22.6 Å². The number of aromatic nitrogens is 1. The molecular formula is C25H22N2O2S. The summed E-state index contributed by atoms with van der Waals surface area (Å²) in [5.74, 6) is 0.834. The molecule has 3 aromatic carbocycles. The van der Waals surface area contributed by atoms with Crippen molar-refractivity contribution in [3.05, 3.63) is 90.0 Å². The van der Waals surface area contributed by atoms with Crippen LogP contribution in [0.2, 0.25) is 0 Å². The third-order valence-corrected chi connectivity index (χ3v) is 5.35. The predicted octanol–water partition coefficient (Wildman–Crippen LogP) is 6.36. The van der Waals surface area contributed by atoms with E-state index in [9.17, 15) is 4.79 Å². The summed E-state index contributed by atoms with van der Waals surface area (Å²) >= 11 is 1.29. The van der Waals surface area contributed by atoms with Gasteiger partial charge in [0.2, 0.25) is 5.91 Å². The van der Waals surface area contributed by atoms with E-state index in [1.807, 2.05) is 86.6 Å². The molecule has 4 rings (SSSR count). The number of hydrogen-bond acceptors (Lipinski definition) is 4. The summed E-state index contributed by atoms with van der Waals surface area (Å²) in [4.78, 5) is 17.1. The smallest absolute Gasteiger partial charge is 0.257 e. The van der Waals surface area contributed by atoms with E-state index in [4.69, 9.17) is 4.42 Å². The lowest BCUT2D eigenvalue weighted by Crippen LogP contribution is -2.14. The average Bonchev–Trinajstić information content (AvgIpc) is 3.17. The lowest BCUT2D eigenvalue weighted by Gasteiger charge is -2.06. The first-order chi connectivity index (χ1) is 14.6. The molecule has 1 N–H and O–H groups in total. The molecule has 0 radical (unpaired) electrons. The largest absolute Gasteiger partial charge is 0.431 e. The first kappa shape index (κ1) is 20.0.